The monoisotopic (exact) mass is 283 g/mol. The first kappa shape index (κ1) is 13.6. The number of urea groups is 1. The van der Waals surface area contributed by atoms with Crippen LogP contribution in [0.2, 0.25) is 0 Å². The van der Waals surface area contributed by atoms with Crippen molar-refractivity contribution in [2.45, 2.75) is 0 Å². The number of carbonyl (C=O) groups is 2. The Hall–Kier alpha value is -1.83. The van der Waals surface area contributed by atoms with Crippen molar-refractivity contribution in [3.63, 3.8) is 0 Å². The van der Waals surface area contributed by atoms with Gasteiger partial charge >= 0.3 is 6.03 Å². The first-order valence-corrected chi connectivity index (χ1v) is 6.83. The summed E-state index contributed by atoms with van der Waals surface area (Å²) < 4.78 is 0. The van der Waals surface area contributed by atoms with Gasteiger partial charge in [-0.25, -0.2) is 9.78 Å². The van der Waals surface area contributed by atoms with Crippen molar-refractivity contribution in [2.75, 3.05) is 46.0 Å². The average Bonchev–Trinajstić information content (AvgIpc) is 2.84. The number of hydrogen-bond acceptors (Lipinski definition) is 5. The summed E-state index contributed by atoms with van der Waals surface area (Å²) in [5, 5.41) is 2.06. The van der Waals surface area contributed by atoms with Crippen molar-refractivity contribution in [3.05, 3.63) is 11.1 Å². The van der Waals surface area contributed by atoms with Crippen molar-refractivity contribution in [2.24, 2.45) is 0 Å². The second kappa shape index (κ2) is 5.43. The van der Waals surface area contributed by atoms with E-state index in [9.17, 15) is 9.59 Å². The number of aromatic nitrogens is 1. The standard InChI is InChI=1S/C11H17N5O2S/c1-14(2)11(18)16-5-3-15(4-6-16)9(17)8-7-19-10(12)13-8/h7H,3-6H2,1-2H3,(H2,12,13). The molecule has 2 N–H and O–H groups in total. The molecule has 2 rings (SSSR count). The largest absolute Gasteiger partial charge is 0.375 e. The highest BCUT2D eigenvalue weighted by Crippen LogP contribution is 2.14. The van der Waals surface area contributed by atoms with Crippen LogP contribution in [0.25, 0.3) is 0 Å². The Labute approximate surface area is 115 Å². The zero-order valence-electron chi connectivity index (χ0n) is 11.0. The van der Waals surface area contributed by atoms with Gasteiger partial charge in [-0.3, -0.25) is 4.79 Å². The van der Waals surface area contributed by atoms with Crippen LogP contribution in [-0.4, -0.2) is 71.9 Å². The van der Waals surface area contributed by atoms with Gasteiger partial charge in [-0.1, -0.05) is 0 Å². The number of piperazine rings is 1. The van der Waals surface area contributed by atoms with Crippen molar-refractivity contribution in [1.29, 1.82) is 0 Å². The maximum atomic E-state index is 12.1. The fraction of sp³-hybridized carbons (Fsp3) is 0.545. The lowest BCUT2D eigenvalue weighted by Gasteiger charge is -2.35. The molecule has 0 aromatic carbocycles. The van der Waals surface area contributed by atoms with Crippen LogP contribution in [0, 0.1) is 0 Å². The van der Waals surface area contributed by atoms with E-state index in [1.54, 1.807) is 34.2 Å². The number of amides is 3. The number of rotatable bonds is 1. The van der Waals surface area contributed by atoms with Crippen LogP contribution in [0.15, 0.2) is 5.38 Å². The fourth-order valence-corrected chi connectivity index (χ4v) is 2.47. The predicted molar refractivity (Wildman–Crippen MR) is 73.1 cm³/mol. The average molecular weight is 283 g/mol. The number of thiazole rings is 1. The minimum atomic E-state index is -0.120. The molecule has 0 bridgehead atoms. The van der Waals surface area contributed by atoms with Crippen LogP contribution in [0.1, 0.15) is 10.5 Å². The molecule has 1 aromatic rings. The van der Waals surface area contributed by atoms with Crippen LogP contribution in [0.5, 0.6) is 0 Å². The lowest BCUT2D eigenvalue weighted by molar-refractivity contribution is 0.0645. The third-order valence-electron chi connectivity index (χ3n) is 2.96. The fourth-order valence-electron chi connectivity index (χ4n) is 1.93. The molecule has 19 heavy (non-hydrogen) atoms. The molecule has 1 aromatic heterocycles. The molecular formula is C11H17N5O2S. The summed E-state index contributed by atoms with van der Waals surface area (Å²) in [7, 11) is 3.44. The van der Waals surface area contributed by atoms with Crippen molar-refractivity contribution >= 4 is 28.4 Å². The highest BCUT2D eigenvalue weighted by molar-refractivity contribution is 7.13. The van der Waals surface area contributed by atoms with Crippen molar-refractivity contribution < 1.29 is 9.59 Å². The molecule has 0 unspecified atom stereocenters. The lowest BCUT2D eigenvalue weighted by Crippen LogP contribution is -2.52. The zero-order chi connectivity index (χ0) is 14.0. The molecule has 0 radical (unpaired) electrons. The van der Waals surface area contributed by atoms with E-state index in [2.05, 4.69) is 4.98 Å². The second-order valence-electron chi connectivity index (χ2n) is 4.53. The number of anilines is 1. The summed E-state index contributed by atoms with van der Waals surface area (Å²) in [6.45, 7) is 2.14. The molecule has 0 aliphatic carbocycles. The molecule has 1 aliphatic rings. The zero-order valence-corrected chi connectivity index (χ0v) is 11.8. The Morgan fingerprint density at radius 1 is 1.26 bits per heavy atom. The molecule has 3 amide bonds. The molecular weight excluding hydrogens is 266 g/mol. The first-order valence-electron chi connectivity index (χ1n) is 5.95. The van der Waals surface area contributed by atoms with E-state index in [1.807, 2.05) is 0 Å². The van der Waals surface area contributed by atoms with E-state index >= 15 is 0 Å². The molecule has 2 heterocycles. The highest BCUT2D eigenvalue weighted by atomic mass is 32.1. The Morgan fingerprint density at radius 2 is 1.84 bits per heavy atom. The lowest BCUT2D eigenvalue weighted by atomic mass is 10.3. The van der Waals surface area contributed by atoms with Crippen LogP contribution in [0.4, 0.5) is 9.93 Å². The summed E-state index contributed by atoms with van der Waals surface area (Å²) in [5.41, 5.74) is 5.90. The smallest absolute Gasteiger partial charge is 0.319 e. The number of nitrogens with zero attached hydrogens (tertiary/aromatic N) is 4. The molecule has 1 aliphatic heterocycles. The van der Waals surface area contributed by atoms with Gasteiger partial charge in [0.05, 0.1) is 0 Å². The van der Waals surface area contributed by atoms with Gasteiger partial charge in [-0.05, 0) is 0 Å². The molecule has 7 nitrogen and oxygen atoms in total. The van der Waals surface area contributed by atoms with Gasteiger partial charge in [-0.15, -0.1) is 11.3 Å². The third-order valence-corrected chi connectivity index (χ3v) is 3.63. The first-order chi connectivity index (χ1) is 8.99. The Morgan fingerprint density at radius 3 is 2.32 bits per heavy atom. The summed E-state index contributed by atoms with van der Waals surface area (Å²) in [4.78, 5) is 32.9. The van der Waals surface area contributed by atoms with E-state index in [1.165, 1.54) is 11.3 Å². The maximum absolute atomic E-state index is 12.1. The molecule has 0 spiro atoms. The van der Waals surface area contributed by atoms with Crippen molar-refractivity contribution in [1.82, 2.24) is 19.7 Å². The Bertz CT molecular complexity index is 479. The Balaban J connectivity index is 1.93. The number of hydrogen-bond donors (Lipinski definition) is 1. The van der Waals surface area contributed by atoms with Crippen LogP contribution in [-0.2, 0) is 0 Å². The van der Waals surface area contributed by atoms with Crippen LogP contribution in [0.3, 0.4) is 0 Å². The molecule has 1 fully saturated rings. The molecule has 0 saturated carbocycles. The molecule has 0 atom stereocenters. The van der Waals surface area contributed by atoms with Crippen LogP contribution < -0.4 is 5.73 Å². The van der Waals surface area contributed by atoms with E-state index in [0.29, 0.717) is 37.0 Å². The van der Waals surface area contributed by atoms with E-state index in [0.717, 1.165) is 0 Å². The van der Waals surface area contributed by atoms with Gasteiger partial charge in [-0.2, -0.15) is 0 Å². The number of nitrogen functional groups attached to an aromatic ring is 1. The third kappa shape index (κ3) is 2.95. The van der Waals surface area contributed by atoms with E-state index < -0.39 is 0 Å². The summed E-state index contributed by atoms with van der Waals surface area (Å²) in [5.74, 6) is -0.120. The number of carbonyl (C=O) groups excluding carboxylic acids is 2. The van der Waals surface area contributed by atoms with E-state index in [-0.39, 0.29) is 11.9 Å². The minimum absolute atomic E-state index is 0.0231. The van der Waals surface area contributed by atoms with Gasteiger partial charge in [0.2, 0.25) is 0 Å². The summed E-state index contributed by atoms with van der Waals surface area (Å²) in [6.07, 6.45) is 0. The molecule has 1 saturated heterocycles. The van der Waals surface area contributed by atoms with E-state index in [4.69, 9.17) is 5.73 Å². The Kier molecular flexibility index (Phi) is 3.89. The predicted octanol–water partition coefficient (Wildman–Crippen LogP) is 0.165. The molecule has 104 valence electrons. The van der Waals surface area contributed by atoms with Gasteiger partial charge in [0, 0.05) is 45.7 Å². The summed E-state index contributed by atoms with van der Waals surface area (Å²) in [6, 6.07) is -0.0231. The van der Waals surface area contributed by atoms with Crippen molar-refractivity contribution in [3.8, 4) is 0 Å². The highest BCUT2D eigenvalue weighted by Gasteiger charge is 2.26. The van der Waals surface area contributed by atoms with Gasteiger partial charge in [0.1, 0.15) is 5.69 Å². The SMILES string of the molecule is CN(C)C(=O)N1CCN(C(=O)c2csc(N)n2)CC1. The maximum Gasteiger partial charge on any atom is 0.319 e. The van der Waals surface area contributed by atoms with Gasteiger partial charge < -0.3 is 20.4 Å². The minimum Gasteiger partial charge on any atom is -0.375 e. The summed E-state index contributed by atoms with van der Waals surface area (Å²) >= 11 is 1.25. The normalized spacial score (nSPS) is 15.5. The van der Waals surface area contributed by atoms with Gasteiger partial charge in [0.15, 0.2) is 5.13 Å². The molecule has 8 heteroatoms. The quantitative estimate of drug-likeness (QED) is 0.796. The van der Waals surface area contributed by atoms with Gasteiger partial charge in [0.25, 0.3) is 5.91 Å². The second-order valence-corrected chi connectivity index (χ2v) is 5.42. The number of nitrogens with two attached hydrogens (primary N) is 1. The topological polar surface area (TPSA) is 82.8 Å². The van der Waals surface area contributed by atoms with Crippen LogP contribution >= 0.6 is 11.3 Å².